The van der Waals surface area contributed by atoms with Gasteiger partial charge < -0.3 is 34.0 Å². The van der Waals surface area contributed by atoms with E-state index in [1.54, 1.807) is 62.4 Å². The minimum absolute atomic E-state index is 0.174. The van der Waals surface area contributed by atoms with E-state index in [4.69, 9.17) is 23.4 Å². The summed E-state index contributed by atoms with van der Waals surface area (Å²) in [5, 5.41) is 9.22. The Hall–Kier alpha value is -5.59. The lowest BCUT2D eigenvalue weighted by Crippen LogP contribution is -2.45. The number of hydrogen-bond donors (Lipinski definition) is 3. The number of nitrogens with zero attached hydrogens (tertiary/aromatic N) is 1. The summed E-state index contributed by atoms with van der Waals surface area (Å²) in [5.74, 6) is -0.135. The van der Waals surface area contributed by atoms with E-state index in [0.29, 0.717) is 28.3 Å². The van der Waals surface area contributed by atoms with Crippen molar-refractivity contribution in [2.24, 2.45) is 5.10 Å². The summed E-state index contributed by atoms with van der Waals surface area (Å²) in [6.45, 7) is 4.99. The summed E-state index contributed by atoms with van der Waals surface area (Å²) in [4.78, 5) is 49.0. The number of methoxy groups -OCH3 is 2. The molecule has 0 fully saturated rings. The Morgan fingerprint density at radius 2 is 1.82 bits per heavy atom. The number of allylic oxidation sites excluding steroid dienone is 1. The summed E-state index contributed by atoms with van der Waals surface area (Å²) in [7, 11) is 2.74. The van der Waals surface area contributed by atoms with Gasteiger partial charge in [-0.25, -0.2) is 19.8 Å². The molecule has 1 aliphatic heterocycles. The van der Waals surface area contributed by atoms with E-state index in [9.17, 15) is 19.2 Å². The van der Waals surface area contributed by atoms with Gasteiger partial charge in [-0.05, 0) is 68.3 Å². The fourth-order valence-electron chi connectivity index (χ4n) is 4.45. The van der Waals surface area contributed by atoms with Crippen molar-refractivity contribution in [1.82, 2.24) is 16.1 Å². The number of amides is 3. The highest BCUT2D eigenvalue weighted by Crippen LogP contribution is 2.34. The van der Waals surface area contributed by atoms with Crippen molar-refractivity contribution >= 4 is 30.1 Å². The van der Waals surface area contributed by atoms with Crippen LogP contribution in [0.5, 0.6) is 11.5 Å². The van der Waals surface area contributed by atoms with Crippen molar-refractivity contribution in [2.45, 2.75) is 26.8 Å². The van der Waals surface area contributed by atoms with E-state index in [0.717, 1.165) is 11.1 Å². The van der Waals surface area contributed by atoms with Crippen molar-refractivity contribution in [2.75, 3.05) is 27.4 Å². The highest BCUT2D eigenvalue weighted by atomic mass is 16.5. The fraction of sp³-hybridized carbons (Fsp3) is 0.258. The molecule has 230 valence electrons. The fourth-order valence-corrected chi connectivity index (χ4v) is 4.45. The van der Waals surface area contributed by atoms with Gasteiger partial charge in [0.05, 0.1) is 44.2 Å². The molecule has 3 N–H and O–H groups in total. The number of aryl methyl sites for hydroxylation is 1. The van der Waals surface area contributed by atoms with Crippen LogP contribution in [0.25, 0.3) is 11.3 Å². The number of furan rings is 1. The van der Waals surface area contributed by atoms with Crippen molar-refractivity contribution in [3.8, 4) is 22.8 Å². The van der Waals surface area contributed by atoms with Crippen molar-refractivity contribution in [1.29, 1.82) is 0 Å². The molecule has 0 unspecified atom stereocenters. The molecule has 1 aromatic heterocycles. The summed E-state index contributed by atoms with van der Waals surface area (Å²) in [6.07, 6.45) is 1.33. The Morgan fingerprint density at radius 3 is 2.55 bits per heavy atom. The number of ether oxygens (including phenoxy) is 4. The zero-order valence-corrected chi connectivity index (χ0v) is 24.8. The quantitative estimate of drug-likeness (QED) is 0.168. The Morgan fingerprint density at radius 1 is 1.02 bits per heavy atom. The lowest BCUT2D eigenvalue weighted by Gasteiger charge is -2.28. The van der Waals surface area contributed by atoms with Crippen molar-refractivity contribution < 1.29 is 42.5 Å². The van der Waals surface area contributed by atoms with Crippen LogP contribution in [0.1, 0.15) is 47.1 Å². The monoisotopic (exact) mass is 604 g/mol. The molecule has 2 heterocycles. The molecule has 3 amide bonds. The van der Waals surface area contributed by atoms with Gasteiger partial charge in [-0.3, -0.25) is 4.79 Å². The molecule has 44 heavy (non-hydrogen) atoms. The largest absolute Gasteiger partial charge is 0.493 e. The Labute approximate surface area is 253 Å². The van der Waals surface area contributed by atoms with Gasteiger partial charge in [-0.2, -0.15) is 5.10 Å². The summed E-state index contributed by atoms with van der Waals surface area (Å²) >= 11 is 0. The van der Waals surface area contributed by atoms with Crippen LogP contribution in [-0.4, -0.2) is 57.5 Å². The van der Waals surface area contributed by atoms with Crippen LogP contribution >= 0.6 is 0 Å². The summed E-state index contributed by atoms with van der Waals surface area (Å²) in [5.41, 5.74) is 5.56. The van der Waals surface area contributed by atoms with Crippen LogP contribution in [-0.2, 0) is 19.1 Å². The van der Waals surface area contributed by atoms with Crippen LogP contribution in [0.4, 0.5) is 4.79 Å². The van der Waals surface area contributed by atoms with Crippen LogP contribution in [0.15, 0.2) is 69.3 Å². The Kier molecular flexibility index (Phi) is 10.0. The van der Waals surface area contributed by atoms with Crippen LogP contribution < -0.4 is 25.5 Å². The van der Waals surface area contributed by atoms with E-state index < -0.39 is 29.9 Å². The molecule has 3 aromatic rings. The van der Waals surface area contributed by atoms with Gasteiger partial charge in [0, 0.05) is 11.3 Å². The molecule has 4 rings (SSSR count). The molecule has 1 aliphatic rings. The van der Waals surface area contributed by atoms with Crippen LogP contribution in [0.2, 0.25) is 0 Å². The molecular formula is C31H32N4O9. The van der Waals surface area contributed by atoms with Crippen LogP contribution in [0.3, 0.4) is 0 Å². The van der Waals surface area contributed by atoms with E-state index in [1.165, 1.54) is 20.4 Å². The van der Waals surface area contributed by atoms with Gasteiger partial charge in [0.25, 0.3) is 5.91 Å². The Balaban J connectivity index is 1.38. The van der Waals surface area contributed by atoms with Gasteiger partial charge in [0.15, 0.2) is 18.1 Å². The molecule has 1 atom stereocenters. The molecule has 0 saturated carbocycles. The number of benzene rings is 2. The van der Waals surface area contributed by atoms with Crippen LogP contribution in [0, 0.1) is 6.92 Å². The van der Waals surface area contributed by atoms with Crippen molar-refractivity contribution in [3.05, 3.63) is 82.3 Å². The molecular weight excluding hydrogens is 572 g/mol. The van der Waals surface area contributed by atoms with Gasteiger partial charge in [-0.15, -0.1) is 0 Å². The first-order valence-electron chi connectivity index (χ1n) is 13.5. The zero-order chi connectivity index (χ0) is 31.8. The van der Waals surface area contributed by atoms with E-state index in [2.05, 4.69) is 21.2 Å². The molecule has 2 aromatic carbocycles. The molecule has 0 radical (unpaired) electrons. The second kappa shape index (κ2) is 14.1. The van der Waals surface area contributed by atoms with Crippen molar-refractivity contribution in [3.63, 3.8) is 0 Å². The van der Waals surface area contributed by atoms with Gasteiger partial charge in [-0.1, -0.05) is 12.1 Å². The third kappa shape index (κ3) is 7.24. The first kappa shape index (κ1) is 31.3. The number of nitrogens with one attached hydrogen (secondary N) is 3. The second-order valence-corrected chi connectivity index (χ2v) is 9.51. The highest BCUT2D eigenvalue weighted by molar-refractivity contribution is 5.95. The molecule has 0 bridgehead atoms. The topological polar surface area (TPSA) is 167 Å². The molecule has 13 heteroatoms. The number of hydrazone groups is 1. The summed E-state index contributed by atoms with van der Waals surface area (Å²) < 4.78 is 26.8. The summed E-state index contributed by atoms with van der Waals surface area (Å²) in [6, 6.07) is 12.1. The number of rotatable bonds is 11. The van der Waals surface area contributed by atoms with Gasteiger partial charge in [0.2, 0.25) is 0 Å². The standard InChI is InChI=1S/C31H32N4O9/c1-6-42-30(38)27-18(3)33-31(39)34-28(27)19-9-11-24(25(14-19)40-4)43-16-26(36)35-32-15-21-10-12-23(44-21)22-13-20(29(37)41-5)8-7-17(22)2/h7-15,28H,6,16H2,1-5H3,(H,35,36)(H2,33,34,39)/b32-15-/t28-/m1/s1. The van der Waals surface area contributed by atoms with E-state index in [1.807, 2.05) is 6.92 Å². The third-order valence-corrected chi connectivity index (χ3v) is 6.58. The first-order valence-corrected chi connectivity index (χ1v) is 13.5. The third-order valence-electron chi connectivity index (χ3n) is 6.58. The number of esters is 2. The minimum atomic E-state index is -0.786. The maximum absolute atomic E-state index is 12.6. The molecule has 0 saturated heterocycles. The lowest BCUT2D eigenvalue weighted by molar-refractivity contribution is -0.139. The minimum Gasteiger partial charge on any atom is -0.493 e. The average molecular weight is 605 g/mol. The average Bonchev–Trinajstić information content (AvgIpc) is 3.48. The highest BCUT2D eigenvalue weighted by Gasteiger charge is 2.32. The Bertz CT molecular complexity index is 1640. The number of carbonyl (C=O) groups is 4. The molecule has 0 aliphatic carbocycles. The predicted molar refractivity (Wildman–Crippen MR) is 158 cm³/mol. The van der Waals surface area contributed by atoms with Gasteiger partial charge >= 0.3 is 18.0 Å². The number of hydrogen-bond acceptors (Lipinski definition) is 10. The lowest BCUT2D eigenvalue weighted by atomic mass is 9.95. The number of carbonyl (C=O) groups excluding carboxylic acids is 4. The smallest absolute Gasteiger partial charge is 0.338 e. The predicted octanol–water partition coefficient (Wildman–Crippen LogP) is 3.77. The zero-order valence-electron chi connectivity index (χ0n) is 24.8. The molecule has 0 spiro atoms. The maximum Gasteiger partial charge on any atom is 0.338 e. The van der Waals surface area contributed by atoms with E-state index in [-0.39, 0.29) is 30.3 Å². The SMILES string of the molecule is CCOC(=O)C1=C(C)NC(=O)N[C@@H]1c1ccc(OCC(=O)N/N=C\c2ccc(-c3cc(C(=O)OC)ccc3C)o2)c(OC)c1. The molecule has 13 nitrogen and oxygen atoms in total. The second-order valence-electron chi connectivity index (χ2n) is 9.51. The first-order chi connectivity index (χ1) is 21.1. The van der Waals surface area contributed by atoms with E-state index >= 15 is 0 Å². The van der Waals surface area contributed by atoms with Gasteiger partial charge in [0.1, 0.15) is 11.5 Å². The maximum atomic E-state index is 12.6. The number of urea groups is 1. The normalized spacial score (nSPS) is 14.5.